The summed E-state index contributed by atoms with van der Waals surface area (Å²) in [7, 11) is 0. The Morgan fingerprint density at radius 2 is 2.24 bits per heavy atom. The third-order valence-corrected chi connectivity index (χ3v) is 3.88. The van der Waals surface area contributed by atoms with Gasteiger partial charge in [-0.3, -0.25) is 9.89 Å². The minimum absolute atomic E-state index is 0.238. The van der Waals surface area contributed by atoms with Gasteiger partial charge in [0.1, 0.15) is 19.0 Å². The molecule has 132 valence electrons. The number of H-pyrrole nitrogens is 1. The van der Waals surface area contributed by atoms with Crippen LogP contribution in [0.15, 0.2) is 30.6 Å². The number of carboxylic acids is 1. The van der Waals surface area contributed by atoms with Crippen LogP contribution < -0.4 is 5.32 Å². The number of carbonyl (C=O) groups is 2. The Balaban J connectivity index is 1.74. The van der Waals surface area contributed by atoms with Crippen molar-refractivity contribution in [2.75, 3.05) is 19.8 Å². The number of benzene rings is 1. The Hall–Kier alpha value is -2.78. The summed E-state index contributed by atoms with van der Waals surface area (Å²) in [5.74, 6) is -0.856. The Morgan fingerprint density at radius 3 is 3.00 bits per heavy atom. The van der Waals surface area contributed by atoms with Crippen molar-refractivity contribution in [1.29, 1.82) is 0 Å². The van der Waals surface area contributed by atoms with Gasteiger partial charge in [0.15, 0.2) is 5.82 Å². The van der Waals surface area contributed by atoms with Gasteiger partial charge in [-0.2, -0.15) is 5.10 Å². The Labute approximate surface area is 143 Å². The van der Waals surface area contributed by atoms with Gasteiger partial charge in [0.25, 0.3) is 5.91 Å². The van der Waals surface area contributed by atoms with Crippen LogP contribution in [0.5, 0.6) is 0 Å². The summed E-state index contributed by atoms with van der Waals surface area (Å²) >= 11 is 0. The topological polar surface area (TPSA) is 126 Å². The van der Waals surface area contributed by atoms with Gasteiger partial charge in [0.2, 0.25) is 0 Å². The van der Waals surface area contributed by atoms with Crippen LogP contribution in [-0.4, -0.2) is 64.1 Å². The van der Waals surface area contributed by atoms with Gasteiger partial charge in [0.05, 0.1) is 18.2 Å². The van der Waals surface area contributed by atoms with Gasteiger partial charge in [0, 0.05) is 12.2 Å². The SMILES string of the molecule is O=C(O)CO[C@@H]1COCC[C@H]1NC(=O)c1ccccc1-c1ncn[nH]1. The largest absolute Gasteiger partial charge is 0.480 e. The molecule has 1 saturated heterocycles. The van der Waals surface area contributed by atoms with E-state index >= 15 is 0 Å². The van der Waals surface area contributed by atoms with Crippen molar-refractivity contribution in [2.45, 2.75) is 18.6 Å². The standard InChI is InChI=1S/C16H18N4O5/c21-14(22)8-25-13-7-24-6-5-12(13)19-16(23)11-4-2-1-3-10(11)15-17-9-18-20-15/h1-4,9,12-13H,5-8H2,(H,19,23)(H,21,22)(H,17,18,20)/t12-,13-/m1/s1. The molecule has 1 fully saturated rings. The zero-order valence-electron chi connectivity index (χ0n) is 13.3. The maximum atomic E-state index is 12.7. The highest BCUT2D eigenvalue weighted by Crippen LogP contribution is 2.20. The molecule has 2 atom stereocenters. The highest BCUT2D eigenvalue weighted by atomic mass is 16.5. The first-order chi connectivity index (χ1) is 12.1. The lowest BCUT2D eigenvalue weighted by Crippen LogP contribution is -2.50. The number of aromatic amines is 1. The van der Waals surface area contributed by atoms with Crippen LogP contribution in [0.25, 0.3) is 11.4 Å². The molecule has 1 aromatic heterocycles. The van der Waals surface area contributed by atoms with E-state index in [4.69, 9.17) is 14.6 Å². The molecule has 0 bridgehead atoms. The fourth-order valence-electron chi connectivity index (χ4n) is 2.69. The minimum Gasteiger partial charge on any atom is -0.480 e. The van der Waals surface area contributed by atoms with Crippen LogP contribution >= 0.6 is 0 Å². The molecule has 0 radical (unpaired) electrons. The number of ether oxygens (including phenoxy) is 2. The molecule has 1 aliphatic rings. The van der Waals surface area contributed by atoms with Crippen molar-refractivity contribution in [3.63, 3.8) is 0 Å². The first kappa shape index (κ1) is 17.1. The molecule has 9 heteroatoms. The lowest BCUT2D eigenvalue weighted by molar-refractivity contribution is -0.148. The number of carboxylic acid groups (broad SMARTS) is 1. The quantitative estimate of drug-likeness (QED) is 0.693. The molecule has 0 saturated carbocycles. The van der Waals surface area contributed by atoms with Crippen LogP contribution in [0.3, 0.4) is 0 Å². The highest BCUT2D eigenvalue weighted by Gasteiger charge is 2.29. The van der Waals surface area contributed by atoms with E-state index in [2.05, 4.69) is 20.5 Å². The third-order valence-electron chi connectivity index (χ3n) is 3.88. The summed E-state index contributed by atoms with van der Waals surface area (Å²) in [5.41, 5.74) is 1.08. The van der Waals surface area contributed by atoms with E-state index < -0.39 is 18.7 Å². The summed E-state index contributed by atoms with van der Waals surface area (Å²) in [6.07, 6.45) is 1.41. The molecule has 9 nitrogen and oxygen atoms in total. The number of nitrogens with one attached hydrogen (secondary N) is 2. The van der Waals surface area contributed by atoms with E-state index in [-0.39, 0.29) is 18.6 Å². The van der Waals surface area contributed by atoms with E-state index in [0.29, 0.717) is 30.0 Å². The number of amides is 1. The van der Waals surface area contributed by atoms with Crippen molar-refractivity contribution in [3.8, 4) is 11.4 Å². The van der Waals surface area contributed by atoms with Crippen LogP contribution in [0, 0.1) is 0 Å². The van der Waals surface area contributed by atoms with E-state index in [1.165, 1.54) is 6.33 Å². The second-order valence-corrected chi connectivity index (χ2v) is 5.57. The molecule has 0 unspecified atom stereocenters. The van der Waals surface area contributed by atoms with Crippen molar-refractivity contribution in [3.05, 3.63) is 36.2 Å². The van der Waals surface area contributed by atoms with Gasteiger partial charge in [-0.25, -0.2) is 9.78 Å². The average Bonchev–Trinajstić information content (AvgIpc) is 3.15. The Bertz CT molecular complexity index is 734. The van der Waals surface area contributed by atoms with Gasteiger partial charge in [-0.15, -0.1) is 0 Å². The second-order valence-electron chi connectivity index (χ2n) is 5.57. The van der Waals surface area contributed by atoms with E-state index in [9.17, 15) is 9.59 Å². The molecule has 0 aliphatic carbocycles. The monoisotopic (exact) mass is 346 g/mol. The van der Waals surface area contributed by atoms with Gasteiger partial charge >= 0.3 is 5.97 Å². The second kappa shape index (κ2) is 7.86. The van der Waals surface area contributed by atoms with Gasteiger partial charge in [-0.1, -0.05) is 18.2 Å². The number of aliphatic carboxylic acids is 1. The number of carbonyl (C=O) groups excluding carboxylic acids is 1. The van der Waals surface area contributed by atoms with Gasteiger partial charge < -0.3 is 19.9 Å². The van der Waals surface area contributed by atoms with Crippen molar-refractivity contribution in [2.24, 2.45) is 0 Å². The molecule has 1 aromatic carbocycles. The summed E-state index contributed by atoms with van der Waals surface area (Å²) in [6.45, 7) is 0.276. The number of aromatic nitrogens is 3. The van der Waals surface area contributed by atoms with Crippen molar-refractivity contribution < 1.29 is 24.2 Å². The number of hydrogen-bond donors (Lipinski definition) is 3. The lowest BCUT2D eigenvalue weighted by Gasteiger charge is -2.31. The number of hydrogen-bond acceptors (Lipinski definition) is 6. The summed E-state index contributed by atoms with van der Waals surface area (Å²) in [5, 5.41) is 18.2. The summed E-state index contributed by atoms with van der Waals surface area (Å²) in [4.78, 5) is 27.5. The zero-order chi connectivity index (χ0) is 17.6. The maximum absolute atomic E-state index is 12.7. The fourth-order valence-corrected chi connectivity index (χ4v) is 2.69. The van der Waals surface area contributed by atoms with Crippen LogP contribution in [0.4, 0.5) is 0 Å². The Morgan fingerprint density at radius 1 is 1.40 bits per heavy atom. The molecule has 3 N–H and O–H groups in total. The Kier molecular flexibility index (Phi) is 5.36. The smallest absolute Gasteiger partial charge is 0.329 e. The lowest BCUT2D eigenvalue weighted by atomic mass is 10.0. The fraction of sp³-hybridized carbons (Fsp3) is 0.375. The molecule has 1 aliphatic heterocycles. The van der Waals surface area contributed by atoms with E-state index in [0.717, 1.165) is 0 Å². The molecule has 1 amide bonds. The molecule has 3 rings (SSSR count). The number of rotatable bonds is 6. The molecule has 2 heterocycles. The summed E-state index contributed by atoms with van der Waals surface area (Å²) in [6, 6.07) is 6.71. The predicted octanol–water partition coefficient (Wildman–Crippen LogP) is 0.460. The summed E-state index contributed by atoms with van der Waals surface area (Å²) < 4.78 is 10.7. The van der Waals surface area contributed by atoms with Crippen LogP contribution in [0.2, 0.25) is 0 Å². The van der Waals surface area contributed by atoms with Crippen LogP contribution in [0.1, 0.15) is 16.8 Å². The minimum atomic E-state index is -1.06. The normalized spacial score (nSPS) is 20.2. The predicted molar refractivity (Wildman–Crippen MR) is 85.9 cm³/mol. The zero-order valence-corrected chi connectivity index (χ0v) is 13.3. The van der Waals surface area contributed by atoms with E-state index in [1.807, 2.05) is 6.07 Å². The molecule has 25 heavy (non-hydrogen) atoms. The first-order valence-electron chi connectivity index (χ1n) is 7.82. The van der Waals surface area contributed by atoms with Gasteiger partial charge in [-0.05, 0) is 12.5 Å². The first-order valence-corrected chi connectivity index (χ1v) is 7.82. The molecule has 2 aromatic rings. The molecular formula is C16H18N4O5. The molecule has 0 spiro atoms. The maximum Gasteiger partial charge on any atom is 0.329 e. The van der Waals surface area contributed by atoms with E-state index in [1.54, 1.807) is 18.2 Å². The molecular weight excluding hydrogens is 328 g/mol. The van der Waals surface area contributed by atoms with Crippen molar-refractivity contribution >= 4 is 11.9 Å². The van der Waals surface area contributed by atoms with Crippen molar-refractivity contribution in [1.82, 2.24) is 20.5 Å². The number of nitrogens with zero attached hydrogens (tertiary/aromatic N) is 2. The average molecular weight is 346 g/mol. The third kappa shape index (κ3) is 4.20. The van der Waals surface area contributed by atoms with Crippen LogP contribution in [-0.2, 0) is 14.3 Å². The highest BCUT2D eigenvalue weighted by molar-refractivity contribution is 6.00.